The molecule has 1 fully saturated rings. The van der Waals surface area contributed by atoms with E-state index in [0.29, 0.717) is 24.3 Å². The number of piperidine rings is 1. The highest BCUT2D eigenvalue weighted by molar-refractivity contribution is 6.07. The number of rotatable bonds is 10. The number of hydrogen-bond acceptors (Lipinski definition) is 8. The van der Waals surface area contributed by atoms with Gasteiger partial charge in [0.1, 0.15) is 12.6 Å². The van der Waals surface area contributed by atoms with Crippen molar-refractivity contribution in [3.63, 3.8) is 0 Å². The number of likely N-dealkylation sites (tertiary alicyclic amines) is 1. The fourth-order valence-corrected chi connectivity index (χ4v) is 5.84. The number of fused-ring (bicyclic) bond motifs is 2. The number of aliphatic imine (C=N–C) groups is 2. The molecule has 8 nitrogen and oxygen atoms in total. The van der Waals surface area contributed by atoms with Gasteiger partial charge in [0.25, 0.3) is 0 Å². The van der Waals surface area contributed by atoms with E-state index >= 15 is 0 Å². The molecule has 0 radical (unpaired) electrons. The summed E-state index contributed by atoms with van der Waals surface area (Å²) in [6.45, 7) is 3.93. The van der Waals surface area contributed by atoms with E-state index in [4.69, 9.17) is 4.99 Å². The molecule has 0 N–H and O–H groups in total. The molecule has 39 heavy (non-hydrogen) atoms. The van der Waals surface area contributed by atoms with Crippen LogP contribution in [0, 0.1) is 0 Å². The molecular weight excluding hydrogens is 490 g/mol. The highest BCUT2D eigenvalue weighted by atomic mass is 16.1. The molecule has 0 amide bonds. The second kappa shape index (κ2) is 11.8. The molecule has 0 saturated carbocycles. The van der Waals surface area contributed by atoms with Crippen molar-refractivity contribution in [2.75, 3.05) is 25.0 Å². The number of benzene rings is 2. The molecule has 8 heteroatoms. The third-order valence-corrected chi connectivity index (χ3v) is 8.11. The van der Waals surface area contributed by atoms with E-state index in [0.717, 1.165) is 79.1 Å². The van der Waals surface area contributed by atoms with Crippen LogP contribution in [0.4, 0.5) is 5.69 Å². The van der Waals surface area contributed by atoms with Gasteiger partial charge >= 0.3 is 0 Å². The Balaban J connectivity index is 1.38. The summed E-state index contributed by atoms with van der Waals surface area (Å²) in [6, 6.07) is 9.58. The second-order valence-electron chi connectivity index (χ2n) is 10.3. The number of hydrogen-bond donors (Lipinski definition) is 0. The minimum atomic E-state index is -0.438. The molecule has 0 aliphatic carbocycles. The van der Waals surface area contributed by atoms with Gasteiger partial charge in [-0.2, -0.15) is 0 Å². The van der Waals surface area contributed by atoms with Gasteiger partial charge in [0, 0.05) is 68.0 Å². The standard InChI is InChI=1S/C31H35N5O3/c1-3-24-18-36-19-26(16-33-30(36)17-32-24)35-13-11-22(12-14-35)27-9-10-29(34(2)25(21-39)7-5-15-37)31-23(20-38)6-4-8-28(27)31/h4,6,8-10,15-22,25,30H,3,5,7,11-14H2,1-2H3. The topological polar surface area (TPSA) is 85.6 Å². The van der Waals surface area contributed by atoms with Crippen LogP contribution in [-0.2, 0) is 9.59 Å². The Labute approximate surface area is 229 Å². The van der Waals surface area contributed by atoms with E-state index in [1.54, 1.807) is 0 Å². The molecule has 3 aliphatic rings. The number of likely N-dealkylation sites (N-methyl/N-ethyl adjacent to an activating group) is 1. The van der Waals surface area contributed by atoms with E-state index in [-0.39, 0.29) is 6.17 Å². The summed E-state index contributed by atoms with van der Waals surface area (Å²) < 4.78 is 0. The largest absolute Gasteiger partial charge is 0.369 e. The van der Waals surface area contributed by atoms with E-state index in [2.05, 4.69) is 46.2 Å². The number of carbonyl (C=O) groups is 3. The first-order chi connectivity index (χ1) is 19.1. The average Bonchev–Trinajstić information content (AvgIpc) is 3.00. The Bertz CT molecular complexity index is 1370. The Morgan fingerprint density at radius 3 is 2.64 bits per heavy atom. The van der Waals surface area contributed by atoms with Crippen molar-refractivity contribution in [3.8, 4) is 0 Å². The van der Waals surface area contributed by atoms with Gasteiger partial charge in [0.05, 0.1) is 17.4 Å². The minimum Gasteiger partial charge on any atom is -0.369 e. The first-order valence-corrected chi connectivity index (χ1v) is 13.7. The summed E-state index contributed by atoms with van der Waals surface area (Å²) in [7, 11) is 1.86. The van der Waals surface area contributed by atoms with Crippen molar-refractivity contribution in [2.45, 2.75) is 57.2 Å². The molecule has 0 bridgehead atoms. The van der Waals surface area contributed by atoms with E-state index in [1.165, 1.54) is 5.56 Å². The molecule has 2 aromatic carbocycles. The zero-order valence-corrected chi connectivity index (χ0v) is 22.6. The van der Waals surface area contributed by atoms with Crippen molar-refractivity contribution in [3.05, 3.63) is 65.3 Å². The molecule has 202 valence electrons. The molecule has 1 saturated heterocycles. The average molecular weight is 526 g/mol. The van der Waals surface area contributed by atoms with Gasteiger partial charge < -0.3 is 24.3 Å². The molecular formula is C31H35N5O3. The summed E-state index contributed by atoms with van der Waals surface area (Å²) in [5, 5.41) is 1.92. The predicted octanol–water partition coefficient (Wildman–Crippen LogP) is 4.70. The molecule has 2 aromatic rings. The Morgan fingerprint density at radius 1 is 1.10 bits per heavy atom. The van der Waals surface area contributed by atoms with Crippen LogP contribution in [0.5, 0.6) is 0 Å². The molecule has 2 atom stereocenters. The van der Waals surface area contributed by atoms with E-state index in [9.17, 15) is 14.4 Å². The molecule has 3 heterocycles. The molecule has 3 aliphatic heterocycles. The first kappa shape index (κ1) is 26.5. The number of aldehydes is 3. The van der Waals surface area contributed by atoms with Crippen molar-refractivity contribution < 1.29 is 14.4 Å². The zero-order chi connectivity index (χ0) is 27.4. The highest BCUT2D eigenvalue weighted by Gasteiger charge is 2.27. The van der Waals surface area contributed by atoms with Gasteiger partial charge in [-0.25, -0.2) is 0 Å². The summed E-state index contributed by atoms with van der Waals surface area (Å²) in [5.74, 6) is 0.351. The lowest BCUT2D eigenvalue weighted by Gasteiger charge is -2.38. The summed E-state index contributed by atoms with van der Waals surface area (Å²) >= 11 is 0. The van der Waals surface area contributed by atoms with Crippen LogP contribution in [0.15, 0.2) is 64.1 Å². The van der Waals surface area contributed by atoms with Gasteiger partial charge in [-0.15, -0.1) is 0 Å². The van der Waals surface area contributed by atoms with Gasteiger partial charge in [-0.05, 0) is 48.6 Å². The van der Waals surface area contributed by atoms with Gasteiger partial charge in [-0.1, -0.05) is 31.2 Å². The lowest BCUT2D eigenvalue weighted by molar-refractivity contribution is -0.109. The van der Waals surface area contributed by atoms with Crippen molar-refractivity contribution in [1.82, 2.24) is 9.80 Å². The maximum atomic E-state index is 12.1. The van der Waals surface area contributed by atoms with Gasteiger partial charge in [0.15, 0.2) is 12.5 Å². The number of nitrogens with zero attached hydrogens (tertiary/aromatic N) is 5. The van der Waals surface area contributed by atoms with Crippen molar-refractivity contribution in [2.24, 2.45) is 9.98 Å². The van der Waals surface area contributed by atoms with Crippen molar-refractivity contribution in [1.29, 1.82) is 0 Å². The van der Waals surface area contributed by atoms with E-state index in [1.807, 2.05) is 42.6 Å². The maximum Gasteiger partial charge on any atom is 0.160 e. The van der Waals surface area contributed by atoms with Gasteiger partial charge in [-0.3, -0.25) is 14.8 Å². The van der Waals surface area contributed by atoms with Crippen LogP contribution < -0.4 is 4.90 Å². The smallest absolute Gasteiger partial charge is 0.160 e. The number of anilines is 1. The molecule has 0 spiro atoms. The van der Waals surface area contributed by atoms with Crippen molar-refractivity contribution >= 4 is 47.7 Å². The Hall–Kier alpha value is -4.07. The van der Waals surface area contributed by atoms with Crippen LogP contribution in [0.25, 0.3) is 10.8 Å². The van der Waals surface area contributed by atoms with Gasteiger partial charge in [0.2, 0.25) is 0 Å². The maximum absolute atomic E-state index is 12.1. The highest BCUT2D eigenvalue weighted by Crippen LogP contribution is 2.39. The van der Waals surface area contributed by atoms with Crippen LogP contribution in [0.1, 0.15) is 60.9 Å². The fourth-order valence-electron chi connectivity index (χ4n) is 5.84. The molecule has 5 rings (SSSR count). The molecule has 2 unspecified atom stereocenters. The first-order valence-electron chi connectivity index (χ1n) is 13.7. The second-order valence-corrected chi connectivity index (χ2v) is 10.3. The third-order valence-electron chi connectivity index (χ3n) is 8.11. The van der Waals surface area contributed by atoms with Crippen LogP contribution in [0.3, 0.4) is 0 Å². The van der Waals surface area contributed by atoms with Crippen LogP contribution in [0.2, 0.25) is 0 Å². The lowest BCUT2D eigenvalue weighted by atomic mass is 9.84. The zero-order valence-electron chi connectivity index (χ0n) is 22.6. The minimum absolute atomic E-state index is 0.0612. The van der Waals surface area contributed by atoms with Crippen LogP contribution in [-0.4, -0.2) is 73.4 Å². The normalized spacial score (nSPS) is 19.8. The SMILES string of the molecule is CCC1=CN2C=C(N3CCC(c4ccc(N(C)C(C=O)CCC=O)c5c(C=O)cccc45)CC3)C=NC2C=N1. The summed E-state index contributed by atoms with van der Waals surface area (Å²) in [5.41, 5.74) is 4.84. The fraction of sp³-hybridized carbons (Fsp3) is 0.387. The Morgan fingerprint density at radius 2 is 1.92 bits per heavy atom. The quantitative estimate of drug-likeness (QED) is 0.418. The summed E-state index contributed by atoms with van der Waals surface area (Å²) in [4.78, 5) is 50.4. The number of carbonyl (C=O) groups excluding carboxylic acids is 3. The summed E-state index contributed by atoms with van der Waals surface area (Å²) in [6.07, 6.45) is 14.3. The third kappa shape index (κ3) is 5.28. The predicted molar refractivity (Wildman–Crippen MR) is 156 cm³/mol. The number of allylic oxidation sites excluding steroid dienone is 2. The van der Waals surface area contributed by atoms with Crippen LogP contribution >= 0.6 is 0 Å². The van der Waals surface area contributed by atoms with E-state index < -0.39 is 6.04 Å². The lowest BCUT2D eigenvalue weighted by Crippen LogP contribution is -2.38. The Kier molecular flexibility index (Phi) is 8.00. The molecule has 0 aromatic heterocycles. The monoisotopic (exact) mass is 525 g/mol.